The Balaban J connectivity index is 2.23. The fraction of sp³-hybridized carbons (Fsp3) is 0.375. The smallest absolute Gasteiger partial charge is 0.336 e. The second kappa shape index (κ2) is 8.41. The fourth-order valence-electron chi connectivity index (χ4n) is 3.43. The van der Waals surface area contributed by atoms with Gasteiger partial charge in [0.1, 0.15) is 5.76 Å². The molecule has 0 aromatic carbocycles. The van der Waals surface area contributed by atoms with Crippen LogP contribution in [0, 0.1) is 5.41 Å². The van der Waals surface area contributed by atoms with E-state index >= 15 is 0 Å². The third kappa shape index (κ3) is 4.13. The first kappa shape index (κ1) is 22.3. The minimum absolute atomic E-state index is 0.0746. The van der Waals surface area contributed by atoms with Crippen LogP contribution in [0.15, 0.2) is 62.6 Å². The van der Waals surface area contributed by atoms with Gasteiger partial charge < -0.3 is 18.6 Å². The van der Waals surface area contributed by atoms with Crippen LogP contribution in [0.3, 0.4) is 0 Å². The molecule has 0 N–H and O–H groups in total. The van der Waals surface area contributed by atoms with Crippen LogP contribution in [0.5, 0.6) is 0 Å². The molecule has 7 heteroatoms. The van der Waals surface area contributed by atoms with Crippen LogP contribution < -0.4 is 5.63 Å². The van der Waals surface area contributed by atoms with E-state index in [9.17, 15) is 14.4 Å². The third-order valence-corrected chi connectivity index (χ3v) is 5.51. The van der Waals surface area contributed by atoms with E-state index < -0.39 is 35.2 Å². The van der Waals surface area contributed by atoms with Crippen molar-refractivity contribution < 1.29 is 28.2 Å². The lowest BCUT2D eigenvalue weighted by Crippen LogP contribution is -2.40. The molecule has 2 aliphatic rings. The molecule has 0 radical (unpaired) electrons. The molecule has 2 atom stereocenters. The average molecular weight is 426 g/mol. The molecule has 0 amide bonds. The van der Waals surface area contributed by atoms with E-state index in [1.807, 2.05) is 19.9 Å². The number of ether oxygens (including phenoxy) is 3. The van der Waals surface area contributed by atoms with Gasteiger partial charge in [0.05, 0.1) is 11.8 Å². The van der Waals surface area contributed by atoms with Crippen molar-refractivity contribution in [1.82, 2.24) is 0 Å². The lowest BCUT2D eigenvalue weighted by atomic mass is 9.73. The number of carbonyl (C=O) groups excluding carboxylic acids is 2. The predicted octanol–water partition coefficient (Wildman–Crippen LogP) is 4.36. The maximum atomic E-state index is 12.7. The molecule has 0 saturated carbocycles. The lowest BCUT2D eigenvalue weighted by molar-refractivity contribution is -0.163. The van der Waals surface area contributed by atoms with Crippen molar-refractivity contribution in [3.8, 4) is 0 Å². The number of carbonyl (C=O) groups is 2. The van der Waals surface area contributed by atoms with E-state index in [1.165, 1.54) is 6.07 Å². The van der Waals surface area contributed by atoms with Gasteiger partial charge in [0.2, 0.25) is 6.10 Å². The van der Waals surface area contributed by atoms with Crippen LogP contribution in [-0.2, 0) is 23.8 Å². The molecule has 2 heterocycles. The quantitative estimate of drug-likeness (QED) is 0.522. The van der Waals surface area contributed by atoms with E-state index in [4.69, 9.17) is 18.6 Å². The Kier molecular flexibility index (Phi) is 6.06. The topological polar surface area (TPSA) is 92.0 Å². The third-order valence-electron chi connectivity index (χ3n) is 5.51. The molecule has 3 rings (SSSR count). The van der Waals surface area contributed by atoms with Crippen LogP contribution >= 0.6 is 0 Å². The maximum Gasteiger partial charge on any atom is 0.336 e. The van der Waals surface area contributed by atoms with E-state index in [2.05, 4.69) is 0 Å². The Morgan fingerprint density at radius 3 is 2.16 bits per heavy atom. The number of hydrogen-bond acceptors (Lipinski definition) is 7. The molecule has 7 nitrogen and oxygen atoms in total. The van der Waals surface area contributed by atoms with Gasteiger partial charge in [-0.15, -0.1) is 0 Å². The van der Waals surface area contributed by atoms with Gasteiger partial charge >= 0.3 is 17.6 Å². The van der Waals surface area contributed by atoms with Crippen molar-refractivity contribution in [2.45, 2.75) is 53.8 Å². The van der Waals surface area contributed by atoms with Crippen molar-refractivity contribution >= 4 is 17.7 Å². The largest absolute Gasteiger partial charge is 0.464 e. The number of esters is 2. The second-order valence-corrected chi connectivity index (χ2v) is 8.01. The van der Waals surface area contributed by atoms with Gasteiger partial charge in [-0.25, -0.2) is 14.4 Å². The number of allylic oxidation sites excluding steroid dienone is 3. The summed E-state index contributed by atoms with van der Waals surface area (Å²) in [7, 11) is 0. The number of rotatable bonds is 4. The van der Waals surface area contributed by atoms with Gasteiger partial charge in [-0.3, -0.25) is 0 Å². The highest BCUT2D eigenvalue weighted by atomic mass is 16.6. The highest BCUT2D eigenvalue weighted by molar-refractivity contribution is 5.89. The summed E-state index contributed by atoms with van der Waals surface area (Å²) in [5, 5.41) is 0. The molecule has 1 aliphatic heterocycles. The normalized spacial score (nSPS) is 22.3. The lowest BCUT2D eigenvalue weighted by Gasteiger charge is -2.41. The van der Waals surface area contributed by atoms with E-state index in [1.54, 1.807) is 52.2 Å². The Bertz CT molecular complexity index is 1100. The van der Waals surface area contributed by atoms with Crippen molar-refractivity contribution in [2.75, 3.05) is 0 Å². The molecule has 0 saturated heterocycles. The molecule has 164 valence electrons. The summed E-state index contributed by atoms with van der Waals surface area (Å²) in [6.07, 6.45) is 4.40. The molecule has 31 heavy (non-hydrogen) atoms. The average Bonchev–Trinajstić information content (AvgIpc) is 2.73. The van der Waals surface area contributed by atoms with Gasteiger partial charge in [0.25, 0.3) is 0 Å². The van der Waals surface area contributed by atoms with E-state index in [-0.39, 0.29) is 5.76 Å². The summed E-state index contributed by atoms with van der Waals surface area (Å²) in [5.41, 5.74) is 0.640. The zero-order valence-electron chi connectivity index (χ0n) is 18.5. The van der Waals surface area contributed by atoms with Crippen molar-refractivity contribution in [3.63, 3.8) is 0 Å². The predicted molar refractivity (Wildman–Crippen MR) is 113 cm³/mol. The first-order valence-electron chi connectivity index (χ1n) is 10.0. The number of fused-ring (bicyclic) bond motifs is 2. The van der Waals surface area contributed by atoms with Crippen LogP contribution in [0.2, 0.25) is 0 Å². The zero-order chi connectivity index (χ0) is 22.9. The molecule has 2 unspecified atom stereocenters. The SMILES string of the molecule is C/C=C(\C)C(=O)OC1C2=C(OC=CC2(C)C)c2ccc(=O)oc2C1OC(=O)/C(C)=C/C. The van der Waals surface area contributed by atoms with Crippen LogP contribution in [0.4, 0.5) is 0 Å². The standard InChI is InChI=1S/C24H26O7/c1-7-13(3)22(26)30-20-17-18(28-12-11-24(17,5)6)15-9-10-16(25)29-19(15)21(20)31-23(27)14(4)8-2/h7-12,20-21H,1-6H3/b13-7+,14-8+. The van der Waals surface area contributed by atoms with E-state index in [0.29, 0.717) is 28.0 Å². The van der Waals surface area contributed by atoms with Crippen molar-refractivity contribution in [2.24, 2.45) is 5.41 Å². The van der Waals surface area contributed by atoms with Gasteiger partial charge in [-0.05, 0) is 39.8 Å². The monoisotopic (exact) mass is 426 g/mol. The Morgan fingerprint density at radius 1 is 1.00 bits per heavy atom. The van der Waals surface area contributed by atoms with Crippen LogP contribution in [0.1, 0.15) is 59.0 Å². The fourth-order valence-corrected chi connectivity index (χ4v) is 3.43. The van der Waals surface area contributed by atoms with Crippen molar-refractivity contribution in [3.05, 3.63) is 75.1 Å². The minimum atomic E-state index is -1.16. The number of hydrogen-bond donors (Lipinski definition) is 0. The summed E-state index contributed by atoms with van der Waals surface area (Å²) in [6.45, 7) is 10.5. The molecular formula is C24H26O7. The molecule has 0 bridgehead atoms. The molecule has 1 aliphatic carbocycles. The summed E-state index contributed by atoms with van der Waals surface area (Å²) in [6, 6.07) is 2.83. The van der Waals surface area contributed by atoms with E-state index in [0.717, 1.165) is 0 Å². The maximum absolute atomic E-state index is 12.7. The summed E-state index contributed by atoms with van der Waals surface area (Å²) < 4.78 is 22.8. The van der Waals surface area contributed by atoms with Gasteiger partial charge in [-0.1, -0.05) is 26.0 Å². The van der Waals surface area contributed by atoms with Crippen LogP contribution in [-0.4, -0.2) is 18.0 Å². The summed E-state index contributed by atoms with van der Waals surface area (Å²) in [5.74, 6) is -0.694. The Labute approximate surface area is 180 Å². The first-order chi connectivity index (χ1) is 14.6. The van der Waals surface area contributed by atoms with Gasteiger partial charge in [0, 0.05) is 28.2 Å². The summed E-state index contributed by atoms with van der Waals surface area (Å²) >= 11 is 0. The molecule has 1 aromatic rings. The summed E-state index contributed by atoms with van der Waals surface area (Å²) in [4.78, 5) is 37.4. The molecular weight excluding hydrogens is 400 g/mol. The highest BCUT2D eigenvalue weighted by Crippen LogP contribution is 2.50. The zero-order valence-corrected chi connectivity index (χ0v) is 18.5. The minimum Gasteiger partial charge on any atom is -0.464 e. The first-order valence-corrected chi connectivity index (χ1v) is 10.0. The molecule has 1 aromatic heterocycles. The van der Waals surface area contributed by atoms with Crippen molar-refractivity contribution in [1.29, 1.82) is 0 Å². The molecule has 0 spiro atoms. The van der Waals surface area contributed by atoms with Gasteiger partial charge in [-0.2, -0.15) is 0 Å². The van der Waals surface area contributed by atoms with Crippen LogP contribution in [0.25, 0.3) is 5.76 Å². The Morgan fingerprint density at radius 2 is 1.58 bits per heavy atom. The highest BCUT2D eigenvalue weighted by Gasteiger charge is 2.49. The Hall–Kier alpha value is -3.35. The van der Waals surface area contributed by atoms with Gasteiger partial charge in [0.15, 0.2) is 11.9 Å². The second-order valence-electron chi connectivity index (χ2n) is 8.01. The molecule has 0 fully saturated rings.